The molecule has 1 aliphatic heterocycles. The number of nitrogens with one attached hydrogen (secondary N) is 4. The van der Waals surface area contributed by atoms with Gasteiger partial charge in [-0.15, -0.1) is 0 Å². The third kappa shape index (κ3) is 7.27. The minimum absolute atomic E-state index is 0.169. The lowest BCUT2D eigenvalue weighted by molar-refractivity contribution is -0.144. The lowest BCUT2D eigenvalue weighted by Gasteiger charge is -2.36. The summed E-state index contributed by atoms with van der Waals surface area (Å²) in [4.78, 5) is 53.6. The van der Waals surface area contributed by atoms with E-state index in [1.807, 2.05) is 0 Å². The van der Waals surface area contributed by atoms with Crippen LogP contribution in [0.4, 0.5) is 4.39 Å². The van der Waals surface area contributed by atoms with Crippen LogP contribution in [0.25, 0.3) is 0 Å². The Hall–Kier alpha value is -3.02. The topological polar surface area (TPSA) is 157 Å². The molecule has 1 saturated carbocycles. The molecular weight excluding hydrogens is 547 g/mol. The molecule has 2 aliphatic rings. The molecule has 0 unspecified atom stereocenters. The molecule has 2 fully saturated rings. The maximum atomic E-state index is 13.8. The van der Waals surface area contributed by atoms with Gasteiger partial charge in [0.25, 0.3) is 5.91 Å². The first-order valence-electron chi connectivity index (χ1n) is 12.5. The minimum atomic E-state index is -1.22. The van der Waals surface area contributed by atoms with E-state index in [1.54, 1.807) is 24.3 Å². The number of ketones is 1. The van der Waals surface area contributed by atoms with Gasteiger partial charge in [0.1, 0.15) is 18.3 Å². The Morgan fingerprint density at radius 3 is 2.46 bits per heavy atom. The predicted octanol–water partition coefficient (Wildman–Crippen LogP) is 1.77. The molecule has 0 radical (unpaired) electrons. The molecule has 2 atom stereocenters. The molecule has 1 heterocycles. The summed E-state index contributed by atoms with van der Waals surface area (Å²) >= 11 is 3.35. The first-order chi connectivity index (χ1) is 17.7. The van der Waals surface area contributed by atoms with E-state index < -0.39 is 36.0 Å². The standard InChI is InChI=1S/C25H34BrFN6O4/c26-17-9-7-16(8-10-17)21(35)32-25(11-1-2-12-25)23(37)33-14-4-6-19(33)22(36)31-18(20(34)15-27)5-3-13-30-24(28)29/h7-10,18-19H,1-6,11-15H2,(H,31,36)(H,32,35)(H4,28,29,30)/t18-,19-/m0/s1. The number of halogens is 2. The van der Waals surface area contributed by atoms with Gasteiger partial charge in [-0.1, -0.05) is 28.8 Å². The molecule has 1 aromatic carbocycles. The molecule has 0 bridgehead atoms. The van der Waals surface area contributed by atoms with Crippen LogP contribution in [0.15, 0.2) is 28.7 Å². The SMILES string of the molecule is N=C(N)NCCC[C@H](NC(=O)[C@@H]1CCCN1C(=O)C1(NC(=O)c2ccc(Br)cc2)CCCC1)C(=O)CF. The lowest BCUT2D eigenvalue weighted by Crippen LogP contribution is -2.61. The van der Waals surface area contributed by atoms with E-state index in [4.69, 9.17) is 11.1 Å². The van der Waals surface area contributed by atoms with Crippen LogP contribution in [0.3, 0.4) is 0 Å². The van der Waals surface area contributed by atoms with Gasteiger partial charge in [0.15, 0.2) is 11.7 Å². The van der Waals surface area contributed by atoms with Crippen molar-refractivity contribution < 1.29 is 23.6 Å². The number of nitrogens with zero attached hydrogens (tertiary/aromatic N) is 1. The molecular formula is C25H34BrFN6O4. The summed E-state index contributed by atoms with van der Waals surface area (Å²) < 4.78 is 14.0. The summed E-state index contributed by atoms with van der Waals surface area (Å²) in [7, 11) is 0. The Bertz CT molecular complexity index is 1010. The number of amides is 3. The van der Waals surface area contributed by atoms with Crippen molar-refractivity contribution in [2.75, 3.05) is 19.8 Å². The highest BCUT2D eigenvalue weighted by Gasteiger charge is 2.48. The number of nitrogens with two attached hydrogens (primary N) is 1. The number of carbonyl (C=O) groups excluding carboxylic acids is 4. The molecule has 37 heavy (non-hydrogen) atoms. The first kappa shape index (κ1) is 28.5. The van der Waals surface area contributed by atoms with Gasteiger partial charge in [-0.25, -0.2) is 4.39 Å². The van der Waals surface area contributed by atoms with Crippen molar-refractivity contribution >= 4 is 45.4 Å². The van der Waals surface area contributed by atoms with E-state index in [0.717, 1.165) is 17.3 Å². The summed E-state index contributed by atoms with van der Waals surface area (Å²) in [6.45, 7) is -0.559. The third-order valence-electron chi connectivity index (χ3n) is 6.96. The molecule has 0 spiro atoms. The van der Waals surface area contributed by atoms with Crippen molar-refractivity contribution in [2.24, 2.45) is 5.73 Å². The smallest absolute Gasteiger partial charge is 0.252 e. The highest BCUT2D eigenvalue weighted by molar-refractivity contribution is 9.10. The number of Topliss-reactive ketones (excluding diaryl/α,β-unsaturated/α-hetero) is 1. The normalized spacial score (nSPS) is 19.2. The second-order valence-corrected chi connectivity index (χ2v) is 10.5. The highest BCUT2D eigenvalue weighted by Crippen LogP contribution is 2.34. The van der Waals surface area contributed by atoms with Gasteiger partial charge < -0.3 is 26.6 Å². The zero-order valence-corrected chi connectivity index (χ0v) is 22.2. The van der Waals surface area contributed by atoms with Crippen molar-refractivity contribution in [3.8, 4) is 0 Å². The second kappa shape index (κ2) is 13.0. The van der Waals surface area contributed by atoms with Gasteiger partial charge in [-0.3, -0.25) is 24.6 Å². The fourth-order valence-corrected chi connectivity index (χ4v) is 5.29. The molecule has 202 valence electrons. The van der Waals surface area contributed by atoms with Gasteiger partial charge in [-0.05, 0) is 62.8 Å². The van der Waals surface area contributed by atoms with Gasteiger partial charge in [0, 0.05) is 23.1 Å². The molecule has 1 aromatic rings. The predicted molar refractivity (Wildman–Crippen MR) is 140 cm³/mol. The molecule has 10 nitrogen and oxygen atoms in total. The number of hydrogen-bond donors (Lipinski definition) is 5. The minimum Gasteiger partial charge on any atom is -0.370 e. The van der Waals surface area contributed by atoms with Crippen LogP contribution in [-0.4, -0.2) is 71.8 Å². The highest BCUT2D eigenvalue weighted by atomic mass is 79.9. The molecule has 1 aliphatic carbocycles. The van der Waals surface area contributed by atoms with E-state index in [1.165, 1.54) is 4.90 Å². The van der Waals surface area contributed by atoms with Crippen LogP contribution in [0.1, 0.15) is 61.7 Å². The summed E-state index contributed by atoms with van der Waals surface area (Å²) in [5, 5.41) is 15.4. The number of alkyl halides is 1. The zero-order valence-electron chi connectivity index (χ0n) is 20.7. The fraction of sp³-hybridized carbons (Fsp3) is 0.560. The van der Waals surface area contributed by atoms with E-state index in [9.17, 15) is 23.6 Å². The fourth-order valence-electron chi connectivity index (χ4n) is 5.02. The third-order valence-corrected chi connectivity index (χ3v) is 7.49. The Morgan fingerprint density at radius 2 is 1.84 bits per heavy atom. The average molecular weight is 581 g/mol. The Balaban J connectivity index is 1.70. The van der Waals surface area contributed by atoms with Crippen molar-refractivity contribution in [3.63, 3.8) is 0 Å². The Morgan fingerprint density at radius 1 is 1.16 bits per heavy atom. The van der Waals surface area contributed by atoms with Crippen LogP contribution in [0.5, 0.6) is 0 Å². The number of guanidine groups is 1. The first-order valence-corrected chi connectivity index (χ1v) is 13.3. The lowest BCUT2D eigenvalue weighted by atomic mass is 9.94. The average Bonchev–Trinajstić information content (AvgIpc) is 3.56. The van der Waals surface area contributed by atoms with Crippen LogP contribution < -0.4 is 21.7 Å². The Kier molecular flexibility index (Phi) is 10.0. The molecule has 0 aromatic heterocycles. The number of rotatable bonds is 11. The summed E-state index contributed by atoms with van der Waals surface area (Å²) in [6, 6.07) is 5.01. The summed E-state index contributed by atoms with van der Waals surface area (Å²) in [5.74, 6) is -2.13. The van der Waals surface area contributed by atoms with Crippen molar-refractivity contribution in [2.45, 2.75) is 69.0 Å². The van der Waals surface area contributed by atoms with Crippen LogP contribution >= 0.6 is 15.9 Å². The number of likely N-dealkylation sites (tertiary alicyclic amines) is 1. The van der Waals surface area contributed by atoms with E-state index in [0.29, 0.717) is 50.8 Å². The van der Waals surface area contributed by atoms with Crippen molar-refractivity contribution in [3.05, 3.63) is 34.3 Å². The molecule has 3 amide bonds. The van der Waals surface area contributed by atoms with E-state index in [-0.39, 0.29) is 24.2 Å². The van der Waals surface area contributed by atoms with Gasteiger partial charge in [-0.2, -0.15) is 0 Å². The van der Waals surface area contributed by atoms with Gasteiger partial charge in [0.05, 0.1) is 6.04 Å². The van der Waals surface area contributed by atoms with Crippen molar-refractivity contribution in [1.82, 2.24) is 20.9 Å². The number of carbonyl (C=O) groups is 4. The monoisotopic (exact) mass is 580 g/mol. The van der Waals surface area contributed by atoms with Gasteiger partial charge in [0.2, 0.25) is 11.8 Å². The van der Waals surface area contributed by atoms with Gasteiger partial charge >= 0.3 is 0 Å². The largest absolute Gasteiger partial charge is 0.370 e. The van der Waals surface area contributed by atoms with E-state index in [2.05, 4.69) is 31.9 Å². The van der Waals surface area contributed by atoms with Crippen LogP contribution in [0, 0.1) is 5.41 Å². The molecule has 12 heteroatoms. The van der Waals surface area contributed by atoms with Crippen LogP contribution in [-0.2, 0) is 14.4 Å². The van der Waals surface area contributed by atoms with E-state index >= 15 is 0 Å². The number of hydrogen-bond acceptors (Lipinski definition) is 5. The van der Waals surface area contributed by atoms with Crippen molar-refractivity contribution in [1.29, 1.82) is 5.41 Å². The summed E-state index contributed by atoms with van der Waals surface area (Å²) in [5.41, 5.74) is 4.58. The number of benzene rings is 1. The summed E-state index contributed by atoms with van der Waals surface area (Å²) in [6.07, 6.45) is 4.08. The van der Waals surface area contributed by atoms with Crippen LogP contribution in [0.2, 0.25) is 0 Å². The second-order valence-electron chi connectivity index (χ2n) is 9.55. The Labute approximate surface area is 223 Å². The molecule has 6 N–H and O–H groups in total. The maximum absolute atomic E-state index is 13.8. The zero-order chi connectivity index (χ0) is 27.0. The maximum Gasteiger partial charge on any atom is 0.252 e. The molecule has 1 saturated heterocycles. The molecule has 3 rings (SSSR count). The quantitative estimate of drug-likeness (QED) is 0.152.